The second-order valence-corrected chi connectivity index (χ2v) is 8.26. The summed E-state index contributed by atoms with van der Waals surface area (Å²) in [6.07, 6.45) is 0.665. The van der Waals surface area contributed by atoms with Crippen LogP contribution in [-0.2, 0) is 6.42 Å². The summed E-state index contributed by atoms with van der Waals surface area (Å²) in [5, 5.41) is 15.1. The van der Waals surface area contributed by atoms with Gasteiger partial charge in [0.05, 0.1) is 10.0 Å². The molecule has 0 radical (unpaired) electrons. The molecule has 4 aromatic rings. The number of furan rings is 1. The summed E-state index contributed by atoms with van der Waals surface area (Å²) in [5.41, 5.74) is 2.86. The topological polar surface area (TPSA) is 56.2 Å². The van der Waals surface area contributed by atoms with E-state index in [4.69, 9.17) is 32.7 Å². The van der Waals surface area contributed by atoms with Gasteiger partial charge in [-0.15, -0.1) is 10.2 Å². The van der Waals surface area contributed by atoms with Crippen LogP contribution in [-0.4, -0.2) is 26.3 Å². The van der Waals surface area contributed by atoms with E-state index in [0.29, 0.717) is 33.7 Å². The fourth-order valence-electron chi connectivity index (χ4n) is 3.08. The number of thioether (sulfide) groups is 1. The molecule has 1 aliphatic rings. The summed E-state index contributed by atoms with van der Waals surface area (Å²) in [4.78, 5) is 0. The van der Waals surface area contributed by atoms with Crippen molar-refractivity contribution in [1.82, 2.24) is 14.9 Å². The summed E-state index contributed by atoms with van der Waals surface area (Å²) in [6.45, 7) is 0. The molecule has 8 heteroatoms. The van der Waals surface area contributed by atoms with Crippen LogP contribution in [0.1, 0.15) is 17.1 Å². The Morgan fingerprint density at radius 3 is 2.59 bits per heavy atom. The lowest BCUT2D eigenvalue weighted by Gasteiger charge is -2.12. The third kappa shape index (κ3) is 3.71. The van der Waals surface area contributed by atoms with Crippen molar-refractivity contribution < 1.29 is 4.42 Å². The van der Waals surface area contributed by atoms with Gasteiger partial charge in [0.2, 0.25) is 5.16 Å². The van der Waals surface area contributed by atoms with E-state index in [1.807, 2.05) is 36.4 Å². The van der Waals surface area contributed by atoms with Crippen LogP contribution >= 0.6 is 35.0 Å². The summed E-state index contributed by atoms with van der Waals surface area (Å²) in [5.74, 6) is 2.89. The first-order chi connectivity index (χ1) is 14.2. The van der Waals surface area contributed by atoms with Gasteiger partial charge in [-0.1, -0.05) is 65.3 Å². The zero-order chi connectivity index (χ0) is 19.8. The van der Waals surface area contributed by atoms with Crippen LogP contribution in [0.3, 0.4) is 0 Å². The van der Waals surface area contributed by atoms with E-state index in [-0.39, 0.29) is 0 Å². The Labute approximate surface area is 181 Å². The highest BCUT2D eigenvalue weighted by molar-refractivity contribution is 7.99. The molecule has 0 atom stereocenters. The minimum atomic E-state index is 0.493. The van der Waals surface area contributed by atoms with Crippen molar-refractivity contribution in [1.29, 1.82) is 0 Å². The maximum atomic E-state index is 6.13. The summed E-state index contributed by atoms with van der Waals surface area (Å²) in [7, 11) is 0. The van der Waals surface area contributed by atoms with E-state index in [0.717, 1.165) is 27.8 Å². The zero-order valence-corrected chi connectivity index (χ0v) is 17.4. The molecule has 29 heavy (non-hydrogen) atoms. The molecule has 5 nitrogen and oxygen atoms in total. The SMILES string of the molecule is Clc1ccc(-c2ccc(C3=Nn4c(Cc5ccccc5)nnc4SC3)o2)cc1Cl. The highest BCUT2D eigenvalue weighted by Crippen LogP contribution is 2.31. The number of hydrogen-bond donors (Lipinski definition) is 0. The molecule has 5 rings (SSSR count). The van der Waals surface area contributed by atoms with Crippen molar-refractivity contribution in [2.45, 2.75) is 11.6 Å². The highest BCUT2D eigenvalue weighted by Gasteiger charge is 2.22. The van der Waals surface area contributed by atoms with Crippen molar-refractivity contribution in [3.8, 4) is 11.3 Å². The van der Waals surface area contributed by atoms with Crippen LogP contribution in [0.4, 0.5) is 0 Å². The zero-order valence-electron chi connectivity index (χ0n) is 15.0. The monoisotopic (exact) mass is 440 g/mol. The van der Waals surface area contributed by atoms with E-state index in [1.54, 1.807) is 28.6 Å². The average molecular weight is 441 g/mol. The normalized spacial score (nSPS) is 13.2. The first-order valence-corrected chi connectivity index (χ1v) is 10.7. The van der Waals surface area contributed by atoms with Crippen molar-refractivity contribution in [3.05, 3.63) is 87.9 Å². The molecule has 0 aliphatic carbocycles. The molecule has 2 aromatic heterocycles. The van der Waals surface area contributed by atoms with E-state index in [1.165, 1.54) is 0 Å². The molecule has 0 amide bonds. The Hall–Kier alpha value is -2.54. The summed E-state index contributed by atoms with van der Waals surface area (Å²) >= 11 is 13.7. The molecule has 144 valence electrons. The van der Waals surface area contributed by atoms with Gasteiger partial charge in [-0.2, -0.15) is 9.78 Å². The average Bonchev–Trinajstić information content (AvgIpc) is 3.38. The number of nitrogens with zero attached hydrogens (tertiary/aromatic N) is 4. The molecule has 0 N–H and O–H groups in total. The molecule has 0 bridgehead atoms. The Morgan fingerprint density at radius 2 is 1.76 bits per heavy atom. The van der Waals surface area contributed by atoms with Gasteiger partial charge in [0.15, 0.2) is 11.6 Å². The molecule has 0 saturated heterocycles. The lowest BCUT2D eigenvalue weighted by atomic mass is 10.1. The third-order valence-corrected chi connectivity index (χ3v) is 6.20. The standard InChI is InChI=1S/C21H14Cl2N4OS/c22-15-7-6-14(11-16(15)23)18-8-9-19(28-18)17-12-29-21-25-24-20(27(21)26-17)10-13-4-2-1-3-5-13/h1-9,11H,10,12H2. The summed E-state index contributed by atoms with van der Waals surface area (Å²) < 4.78 is 7.86. The van der Waals surface area contributed by atoms with Crippen molar-refractivity contribution in [2.24, 2.45) is 5.10 Å². The van der Waals surface area contributed by atoms with Crippen molar-refractivity contribution in [3.63, 3.8) is 0 Å². The number of fused-ring (bicyclic) bond motifs is 1. The van der Waals surface area contributed by atoms with Gasteiger partial charge < -0.3 is 4.42 Å². The maximum absolute atomic E-state index is 6.13. The Morgan fingerprint density at radius 1 is 0.931 bits per heavy atom. The number of halogens is 2. The van der Waals surface area contributed by atoms with Crippen LogP contribution in [0, 0.1) is 0 Å². The van der Waals surface area contributed by atoms with Gasteiger partial charge >= 0.3 is 0 Å². The molecule has 0 fully saturated rings. The first-order valence-electron chi connectivity index (χ1n) is 8.92. The second kappa shape index (κ2) is 7.71. The lowest BCUT2D eigenvalue weighted by Crippen LogP contribution is -2.14. The van der Waals surface area contributed by atoms with Crippen LogP contribution in [0.25, 0.3) is 11.3 Å². The predicted molar refractivity (Wildman–Crippen MR) is 116 cm³/mol. The minimum Gasteiger partial charge on any atom is -0.455 e. The molecular weight excluding hydrogens is 427 g/mol. The highest BCUT2D eigenvalue weighted by atomic mass is 35.5. The minimum absolute atomic E-state index is 0.493. The molecule has 0 unspecified atom stereocenters. The molecule has 0 saturated carbocycles. The van der Waals surface area contributed by atoms with E-state index < -0.39 is 0 Å². The molecule has 1 aliphatic heterocycles. The van der Waals surface area contributed by atoms with Gasteiger partial charge in [0, 0.05) is 17.7 Å². The quantitative estimate of drug-likeness (QED) is 0.402. The van der Waals surface area contributed by atoms with Gasteiger partial charge in [0.25, 0.3) is 0 Å². The number of benzene rings is 2. The Kier molecular flexibility index (Phi) is 4.91. The van der Waals surface area contributed by atoms with Crippen LogP contribution < -0.4 is 0 Å². The molecule has 0 spiro atoms. The van der Waals surface area contributed by atoms with Crippen molar-refractivity contribution >= 4 is 40.7 Å². The third-order valence-electron chi connectivity index (χ3n) is 4.53. The fourth-order valence-corrected chi connectivity index (χ4v) is 4.21. The lowest BCUT2D eigenvalue weighted by molar-refractivity contribution is 0.569. The van der Waals surface area contributed by atoms with E-state index in [9.17, 15) is 0 Å². The van der Waals surface area contributed by atoms with Gasteiger partial charge in [-0.05, 0) is 35.9 Å². The van der Waals surface area contributed by atoms with E-state index in [2.05, 4.69) is 22.3 Å². The van der Waals surface area contributed by atoms with Crippen LogP contribution in [0.5, 0.6) is 0 Å². The van der Waals surface area contributed by atoms with Gasteiger partial charge in [0.1, 0.15) is 11.5 Å². The Balaban J connectivity index is 1.45. The van der Waals surface area contributed by atoms with Crippen LogP contribution in [0.2, 0.25) is 10.0 Å². The first kappa shape index (κ1) is 18.5. The van der Waals surface area contributed by atoms with Gasteiger partial charge in [-0.3, -0.25) is 0 Å². The van der Waals surface area contributed by atoms with Crippen LogP contribution in [0.15, 0.2) is 75.3 Å². The van der Waals surface area contributed by atoms with Gasteiger partial charge in [-0.25, -0.2) is 0 Å². The smallest absolute Gasteiger partial charge is 0.212 e. The number of rotatable bonds is 4. The van der Waals surface area contributed by atoms with Crippen molar-refractivity contribution in [2.75, 3.05) is 5.75 Å². The molecular formula is C21H14Cl2N4OS. The Bertz CT molecular complexity index is 1220. The molecule has 2 aromatic carbocycles. The second-order valence-electron chi connectivity index (χ2n) is 6.50. The number of hydrogen-bond acceptors (Lipinski definition) is 5. The predicted octanol–water partition coefficient (Wildman–Crippen LogP) is 5.79. The summed E-state index contributed by atoms with van der Waals surface area (Å²) in [6, 6.07) is 19.4. The largest absolute Gasteiger partial charge is 0.455 e. The van der Waals surface area contributed by atoms with E-state index >= 15 is 0 Å². The molecule has 3 heterocycles. The maximum Gasteiger partial charge on any atom is 0.212 e. The number of aromatic nitrogens is 3. The fraction of sp³-hybridized carbons (Fsp3) is 0.0952.